The maximum atomic E-state index is 12.4. The van der Waals surface area contributed by atoms with Gasteiger partial charge < -0.3 is 24.4 Å². The number of ether oxygens (including phenoxy) is 2. The molecule has 3 rings (SSSR count). The molecule has 0 aliphatic carbocycles. The first-order chi connectivity index (χ1) is 13.9. The third-order valence-corrected chi connectivity index (χ3v) is 5.18. The van der Waals surface area contributed by atoms with E-state index in [-0.39, 0.29) is 16.9 Å². The summed E-state index contributed by atoms with van der Waals surface area (Å²) in [6.07, 6.45) is 8.60. The molecular formula is C21H17N2O5S-. The number of hydrogen-bond acceptors (Lipinski definition) is 7. The molecule has 0 unspecified atom stereocenters. The number of carboxylic acids is 1. The Kier molecular flexibility index (Phi) is 6.00. The van der Waals surface area contributed by atoms with E-state index in [4.69, 9.17) is 15.9 Å². The predicted molar refractivity (Wildman–Crippen MR) is 110 cm³/mol. The normalized spacial score (nSPS) is 10.9. The van der Waals surface area contributed by atoms with Crippen molar-refractivity contribution in [1.29, 1.82) is 0 Å². The van der Waals surface area contributed by atoms with Crippen LogP contribution in [0.5, 0.6) is 11.5 Å². The fourth-order valence-electron chi connectivity index (χ4n) is 2.74. The number of carbonyl (C=O) groups excluding carboxylic acids is 1. The second kappa shape index (κ2) is 8.63. The van der Waals surface area contributed by atoms with Crippen molar-refractivity contribution in [2.45, 2.75) is 13.8 Å². The Labute approximate surface area is 170 Å². The largest absolute Gasteiger partial charge is 0.544 e. The van der Waals surface area contributed by atoms with E-state index >= 15 is 0 Å². The zero-order valence-electron chi connectivity index (χ0n) is 15.8. The first kappa shape index (κ1) is 20.2. The number of nitrogens with zero attached hydrogens (tertiary/aromatic N) is 1. The SMILES string of the molecule is C#CCOc1ccc(/C=C/c2nc3sc(C(=O)[O-])c(C)c3c(=O)[nH]2)cc1OCC. The summed E-state index contributed by atoms with van der Waals surface area (Å²) in [7, 11) is 0. The number of terminal acetylenes is 1. The number of H-pyrrole nitrogens is 1. The van der Waals surface area contributed by atoms with Crippen molar-refractivity contribution in [3.63, 3.8) is 0 Å². The zero-order chi connectivity index (χ0) is 21.0. The maximum Gasteiger partial charge on any atom is 0.260 e. The van der Waals surface area contributed by atoms with E-state index in [2.05, 4.69) is 15.9 Å². The summed E-state index contributed by atoms with van der Waals surface area (Å²) in [5, 5.41) is 11.5. The standard InChI is InChI=1S/C21H18N2O5S/c1-4-10-28-14-8-6-13(11-15(14)27-5-2)7-9-16-22-19(24)17-12(3)18(21(25)26)29-20(17)23-16/h1,6-9,11H,5,10H2,2-3H3,(H,25,26)(H,22,23,24)/p-1/b9-7+. The zero-order valence-corrected chi connectivity index (χ0v) is 16.6. The molecular weight excluding hydrogens is 392 g/mol. The van der Waals surface area contributed by atoms with E-state index in [1.54, 1.807) is 31.2 Å². The van der Waals surface area contributed by atoms with Gasteiger partial charge in [-0.05, 0) is 43.2 Å². The number of carboxylic acid groups (broad SMARTS) is 1. The molecule has 0 saturated carbocycles. The second-order valence-electron chi connectivity index (χ2n) is 5.94. The van der Waals surface area contributed by atoms with E-state index in [9.17, 15) is 14.7 Å². The van der Waals surface area contributed by atoms with Crippen LogP contribution in [0.3, 0.4) is 0 Å². The molecule has 1 N–H and O–H groups in total. The Morgan fingerprint density at radius 1 is 1.34 bits per heavy atom. The van der Waals surface area contributed by atoms with Gasteiger partial charge in [0.25, 0.3) is 5.56 Å². The van der Waals surface area contributed by atoms with Crippen LogP contribution in [0.4, 0.5) is 0 Å². The average Bonchev–Trinajstić information content (AvgIpc) is 3.03. The highest BCUT2D eigenvalue weighted by molar-refractivity contribution is 7.20. The molecule has 2 aromatic heterocycles. The molecule has 0 aliphatic rings. The van der Waals surface area contributed by atoms with E-state index in [1.807, 2.05) is 13.0 Å². The fourth-order valence-corrected chi connectivity index (χ4v) is 3.77. The Hall–Kier alpha value is -3.57. The van der Waals surface area contributed by atoms with Crippen LogP contribution in [0.2, 0.25) is 0 Å². The van der Waals surface area contributed by atoms with Gasteiger partial charge in [0.05, 0.1) is 22.8 Å². The number of rotatable bonds is 7. The van der Waals surface area contributed by atoms with Crippen LogP contribution in [0.25, 0.3) is 22.4 Å². The van der Waals surface area contributed by atoms with Crippen molar-refractivity contribution in [3.05, 3.63) is 50.4 Å². The molecule has 2 heterocycles. The topological polar surface area (TPSA) is 104 Å². The van der Waals surface area contributed by atoms with Crippen LogP contribution in [0, 0.1) is 19.3 Å². The molecule has 8 heteroatoms. The van der Waals surface area contributed by atoms with Crippen LogP contribution in [0.15, 0.2) is 23.0 Å². The van der Waals surface area contributed by atoms with Gasteiger partial charge in [0, 0.05) is 0 Å². The van der Waals surface area contributed by atoms with Crippen LogP contribution in [0.1, 0.15) is 33.5 Å². The van der Waals surface area contributed by atoms with Crippen molar-refractivity contribution < 1.29 is 19.4 Å². The smallest absolute Gasteiger partial charge is 0.260 e. The van der Waals surface area contributed by atoms with Crippen molar-refractivity contribution >= 4 is 39.7 Å². The molecule has 148 valence electrons. The first-order valence-corrected chi connectivity index (χ1v) is 9.52. The number of aromatic carboxylic acids is 1. The number of hydrogen-bond donors (Lipinski definition) is 1. The third kappa shape index (κ3) is 4.31. The van der Waals surface area contributed by atoms with Crippen molar-refractivity contribution in [2.24, 2.45) is 0 Å². The lowest BCUT2D eigenvalue weighted by molar-refractivity contribution is -0.254. The van der Waals surface area contributed by atoms with Crippen LogP contribution in [-0.2, 0) is 0 Å². The molecule has 0 atom stereocenters. The Morgan fingerprint density at radius 3 is 2.83 bits per heavy atom. The summed E-state index contributed by atoms with van der Waals surface area (Å²) in [5.41, 5.74) is 0.754. The highest BCUT2D eigenvalue weighted by atomic mass is 32.1. The summed E-state index contributed by atoms with van der Waals surface area (Å²) in [5.74, 6) is 2.48. The van der Waals surface area contributed by atoms with Gasteiger partial charge in [0.2, 0.25) is 0 Å². The quantitative estimate of drug-likeness (QED) is 0.600. The number of nitrogens with one attached hydrogen (secondary N) is 1. The number of carbonyl (C=O) groups is 1. The number of thiophene rings is 1. The average molecular weight is 409 g/mol. The number of aromatic amines is 1. The van der Waals surface area contributed by atoms with Gasteiger partial charge in [0.15, 0.2) is 11.5 Å². The summed E-state index contributed by atoms with van der Waals surface area (Å²) >= 11 is 0.921. The van der Waals surface area contributed by atoms with Crippen molar-refractivity contribution in [3.8, 4) is 23.8 Å². The maximum absolute atomic E-state index is 12.4. The summed E-state index contributed by atoms with van der Waals surface area (Å²) in [4.78, 5) is 30.9. The minimum absolute atomic E-state index is 0.00282. The predicted octanol–water partition coefficient (Wildman–Crippen LogP) is 2.24. The van der Waals surface area contributed by atoms with Gasteiger partial charge in [-0.1, -0.05) is 18.1 Å². The van der Waals surface area contributed by atoms with Gasteiger partial charge >= 0.3 is 0 Å². The Bertz CT molecular complexity index is 1200. The van der Waals surface area contributed by atoms with E-state index in [0.717, 1.165) is 16.9 Å². The molecule has 0 saturated heterocycles. The van der Waals surface area contributed by atoms with Crippen LogP contribution < -0.4 is 20.1 Å². The number of aromatic nitrogens is 2. The monoisotopic (exact) mass is 409 g/mol. The van der Waals surface area contributed by atoms with Gasteiger partial charge in [-0.3, -0.25) is 4.79 Å². The number of fused-ring (bicyclic) bond motifs is 1. The van der Waals surface area contributed by atoms with Crippen LogP contribution >= 0.6 is 11.3 Å². The van der Waals surface area contributed by atoms with Crippen LogP contribution in [-0.4, -0.2) is 29.2 Å². The lowest BCUT2D eigenvalue weighted by Gasteiger charge is -2.10. The lowest BCUT2D eigenvalue weighted by atomic mass is 10.2. The Balaban J connectivity index is 1.94. The molecule has 0 amide bonds. The van der Waals surface area contributed by atoms with Gasteiger partial charge in [0.1, 0.15) is 17.3 Å². The Morgan fingerprint density at radius 2 is 2.14 bits per heavy atom. The number of benzene rings is 1. The molecule has 0 fully saturated rings. The number of aryl methyl sites for hydroxylation is 1. The highest BCUT2D eigenvalue weighted by Crippen LogP contribution is 2.29. The van der Waals surface area contributed by atoms with E-state index in [0.29, 0.717) is 34.3 Å². The van der Waals surface area contributed by atoms with Crippen molar-refractivity contribution in [1.82, 2.24) is 9.97 Å². The molecule has 7 nitrogen and oxygen atoms in total. The molecule has 3 aromatic rings. The third-order valence-electron chi connectivity index (χ3n) is 4.02. The molecule has 0 aliphatic heterocycles. The summed E-state index contributed by atoms with van der Waals surface area (Å²) < 4.78 is 11.0. The minimum atomic E-state index is -1.32. The minimum Gasteiger partial charge on any atom is -0.544 e. The molecule has 0 bridgehead atoms. The summed E-state index contributed by atoms with van der Waals surface area (Å²) in [6.45, 7) is 4.02. The summed E-state index contributed by atoms with van der Waals surface area (Å²) in [6, 6.07) is 5.34. The van der Waals surface area contributed by atoms with Gasteiger partial charge in [-0.15, -0.1) is 17.8 Å². The van der Waals surface area contributed by atoms with Gasteiger partial charge in [-0.25, -0.2) is 4.98 Å². The lowest BCUT2D eigenvalue weighted by Crippen LogP contribution is -2.21. The van der Waals surface area contributed by atoms with Crippen molar-refractivity contribution in [2.75, 3.05) is 13.2 Å². The fraction of sp³-hybridized carbons (Fsp3) is 0.190. The molecule has 0 spiro atoms. The van der Waals surface area contributed by atoms with Gasteiger partial charge in [-0.2, -0.15) is 0 Å². The molecule has 29 heavy (non-hydrogen) atoms. The first-order valence-electron chi connectivity index (χ1n) is 8.70. The van der Waals surface area contributed by atoms with E-state index in [1.165, 1.54) is 0 Å². The molecule has 0 radical (unpaired) electrons. The van der Waals surface area contributed by atoms with E-state index < -0.39 is 11.5 Å². The second-order valence-corrected chi connectivity index (χ2v) is 6.94. The molecule has 1 aromatic carbocycles. The highest BCUT2D eigenvalue weighted by Gasteiger charge is 2.14.